The van der Waals surface area contributed by atoms with Crippen LogP contribution in [0.4, 0.5) is 4.39 Å². The normalized spacial score (nSPS) is 11.7. The third-order valence-corrected chi connectivity index (χ3v) is 3.39. The maximum atomic E-state index is 13.9. The van der Waals surface area contributed by atoms with Gasteiger partial charge in [0.25, 0.3) is 0 Å². The fourth-order valence-electron chi connectivity index (χ4n) is 2.20. The summed E-state index contributed by atoms with van der Waals surface area (Å²) in [6.45, 7) is 7.72. The maximum absolute atomic E-state index is 13.9. The van der Waals surface area contributed by atoms with E-state index in [1.807, 2.05) is 13.0 Å². The molecule has 0 saturated heterocycles. The predicted octanol–water partition coefficient (Wildman–Crippen LogP) is 4.57. The number of benzene rings is 1. The third kappa shape index (κ3) is 2.45. The highest BCUT2D eigenvalue weighted by molar-refractivity contribution is 9.10. The topological polar surface area (TPSA) is 25.2 Å². The number of nitrogens with one attached hydrogen (secondary N) is 1. The molecule has 18 heavy (non-hydrogen) atoms. The number of hydrogen-bond acceptors (Lipinski definition) is 2. The van der Waals surface area contributed by atoms with Gasteiger partial charge in [0.05, 0.1) is 6.54 Å². The monoisotopic (exact) mass is 313 g/mol. The van der Waals surface area contributed by atoms with Gasteiger partial charge in [0.1, 0.15) is 5.76 Å². The Bertz CT molecular complexity index is 562. The molecule has 0 aliphatic rings. The van der Waals surface area contributed by atoms with Crippen LogP contribution in [0.1, 0.15) is 38.0 Å². The van der Waals surface area contributed by atoms with Crippen LogP contribution in [-0.4, -0.2) is 6.54 Å². The van der Waals surface area contributed by atoms with E-state index in [-0.39, 0.29) is 5.82 Å². The van der Waals surface area contributed by atoms with Gasteiger partial charge in [-0.3, -0.25) is 0 Å². The summed E-state index contributed by atoms with van der Waals surface area (Å²) in [6, 6.07) is 3.36. The molecule has 0 aliphatic heterocycles. The Balaban J connectivity index is 2.63. The quantitative estimate of drug-likeness (QED) is 0.894. The first-order chi connectivity index (χ1) is 8.54. The van der Waals surface area contributed by atoms with E-state index < -0.39 is 0 Å². The molecule has 98 valence electrons. The van der Waals surface area contributed by atoms with E-state index in [0.29, 0.717) is 18.0 Å². The summed E-state index contributed by atoms with van der Waals surface area (Å²) < 4.78 is 20.3. The molecule has 0 unspecified atom stereocenters. The van der Waals surface area contributed by atoms with Crippen LogP contribution in [0.15, 0.2) is 21.0 Å². The van der Waals surface area contributed by atoms with Crippen molar-refractivity contribution in [3.8, 4) is 0 Å². The maximum Gasteiger partial charge on any atom is 0.170 e. The van der Waals surface area contributed by atoms with E-state index in [9.17, 15) is 4.39 Å². The Kier molecular flexibility index (Phi) is 4.07. The summed E-state index contributed by atoms with van der Waals surface area (Å²) in [4.78, 5) is 0. The SMILES string of the molecule is CCNCc1oc2c(F)cc(Br)cc2c1C(C)C. The number of halogens is 2. The first-order valence-corrected chi connectivity index (χ1v) is 6.95. The van der Waals surface area contributed by atoms with Gasteiger partial charge in [0.2, 0.25) is 0 Å². The first kappa shape index (κ1) is 13.6. The molecule has 4 heteroatoms. The van der Waals surface area contributed by atoms with E-state index in [4.69, 9.17) is 4.42 Å². The molecule has 2 aromatic rings. The Labute approximate surface area is 115 Å². The smallest absolute Gasteiger partial charge is 0.170 e. The number of rotatable bonds is 4. The highest BCUT2D eigenvalue weighted by Gasteiger charge is 2.19. The van der Waals surface area contributed by atoms with E-state index in [2.05, 4.69) is 35.1 Å². The fourth-order valence-corrected chi connectivity index (χ4v) is 2.63. The molecule has 1 heterocycles. The summed E-state index contributed by atoms with van der Waals surface area (Å²) in [5.41, 5.74) is 1.45. The van der Waals surface area contributed by atoms with Gasteiger partial charge in [-0.15, -0.1) is 0 Å². The molecule has 0 radical (unpaired) electrons. The molecule has 1 aromatic carbocycles. The van der Waals surface area contributed by atoms with Gasteiger partial charge >= 0.3 is 0 Å². The molecule has 0 saturated carbocycles. The average Bonchev–Trinajstić information content (AvgIpc) is 2.64. The molecule has 0 amide bonds. The summed E-state index contributed by atoms with van der Waals surface area (Å²) >= 11 is 3.33. The molecule has 0 atom stereocenters. The van der Waals surface area contributed by atoms with Crippen molar-refractivity contribution >= 4 is 26.9 Å². The van der Waals surface area contributed by atoms with Gasteiger partial charge in [0.15, 0.2) is 11.4 Å². The lowest BCUT2D eigenvalue weighted by Crippen LogP contribution is -2.12. The van der Waals surface area contributed by atoms with Gasteiger partial charge in [-0.1, -0.05) is 36.7 Å². The van der Waals surface area contributed by atoms with Crippen LogP contribution >= 0.6 is 15.9 Å². The summed E-state index contributed by atoms with van der Waals surface area (Å²) in [5, 5.41) is 4.09. The van der Waals surface area contributed by atoms with Crippen molar-refractivity contribution in [1.82, 2.24) is 5.32 Å². The minimum atomic E-state index is -0.316. The largest absolute Gasteiger partial charge is 0.456 e. The number of hydrogen-bond donors (Lipinski definition) is 1. The van der Waals surface area contributed by atoms with Crippen molar-refractivity contribution in [2.24, 2.45) is 0 Å². The fraction of sp³-hybridized carbons (Fsp3) is 0.429. The Morgan fingerprint density at radius 2 is 2.11 bits per heavy atom. The zero-order chi connectivity index (χ0) is 13.3. The average molecular weight is 314 g/mol. The van der Waals surface area contributed by atoms with Crippen LogP contribution in [0.25, 0.3) is 11.0 Å². The van der Waals surface area contributed by atoms with E-state index in [0.717, 1.165) is 27.7 Å². The van der Waals surface area contributed by atoms with Crippen molar-refractivity contribution < 1.29 is 8.81 Å². The standard InChI is InChI=1S/C14H17BrFNO/c1-4-17-7-12-13(8(2)3)10-5-9(15)6-11(16)14(10)18-12/h5-6,8,17H,4,7H2,1-3H3. The van der Waals surface area contributed by atoms with Crippen LogP contribution in [0.2, 0.25) is 0 Å². The number of fused-ring (bicyclic) bond motifs is 1. The van der Waals surface area contributed by atoms with Crippen molar-refractivity contribution in [2.45, 2.75) is 33.2 Å². The van der Waals surface area contributed by atoms with Crippen molar-refractivity contribution in [3.05, 3.63) is 33.7 Å². The predicted molar refractivity (Wildman–Crippen MR) is 75.3 cm³/mol. The van der Waals surface area contributed by atoms with Crippen molar-refractivity contribution in [2.75, 3.05) is 6.54 Å². The van der Waals surface area contributed by atoms with Crippen molar-refractivity contribution in [3.63, 3.8) is 0 Å². The minimum Gasteiger partial charge on any atom is -0.456 e. The summed E-state index contributed by atoms with van der Waals surface area (Å²) in [6.07, 6.45) is 0. The van der Waals surface area contributed by atoms with Crippen molar-refractivity contribution in [1.29, 1.82) is 0 Å². The molecule has 2 nitrogen and oxygen atoms in total. The molecular formula is C14H17BrFNO. The second-order valence-electron chi connectivity index (χ2n) is 4.64. The Morgan fingerprint density at radius 3 is 2.72 bits per heavy atom. The number of furan rings is 1. The lowest BCUT2D eigenvalue weighted by atomic mass is 9.99. The second-order valence-corrected chi connectivity index (χ2v) is 5.55. The summed E-state index contributed by atoms with van der Waals surface area (Å²) in [5.74, 6) is 0.816. The molecule has 0 fully saturated rings. The van der Waals surface area contributed by atoms with Gasteiger partial charge in [-0.05, 0) is 24.6 Å². The van der Waals surface area contributed by atoms with Crippen LogP contribution in [0, 0.1) is 5.82 Å². The van der Waals surface area contributed by atoms with E-state index >= 15 is 0 Å². The van der Waals surface area contributed by atoms with Crippen LogP contribution in [0.5, 0.6) is 0 Å². The zero-order valence-corrected chi connectivity index (χ0v) is 12.4. The molecule has 2 rings (SSSR count). The van der Waals surface area contributed by atoms with Gasteiger partial charge in [-0.25, -0.2) is 4.39 Å². The molecule has 1 aromatic heterocycles. The minimum absolute atomic E-state index is 0.300. The lowest BCUT2D eigenvalue weighted by Gasteiger charge is -2.06. The Hall–Kier alpha value is -0.870. The highest BCUT2D eigenvalue weighted by Crippen LogP contribution is 2.35. The van der Waals surface area contributed by atoms with Crippen LogP contribution in [0.3, 0.4) is 0 Å². The first-order valence-electron chi connectivity index (χ1n) is 6.15. The van der Waals surface area contributed by atoms with E-state index in [1.54, 1.807) is 0 Å². The van der Waals surface area contributed by atoms with Gasteiger partial charge < -0.3 is 9.73 Å². The third-order valence-electron chi connectivity index (χ3n) is 2.94. The van der Waals surface area contributed by atoms with Gasteiger partial charge in [-0.2, -0.15) is 0 Å². The summed E-state index contributed by atoms with van der Waals surface area (Å²) in [7, 11) is 0. The molecule has 1 N–H and O–H groups in total. The second kappa shape index (κ2) is 5.41. The molecule has 0 bridgehead atoms. The van der Waals surface area contributed by atoms with Crippen LogP contribution < -0.4 is 5.32 Å². The Morgan fingerprint density at radius 1 is 1.39 bits per heavy atom. The van der Waals surface area contributed by atoms with E-state index in [1.165, 1.54) is 6.07 Å². The zero-order valence-electron chi connectivity index (χ0n) is 10.8. The molecular weight excluding hydrogens is 297 g/mol. The molecule has 0 aliphatic carbocycles. The highest BCUT2D eigenvalue weighted by atomic mass is 79.9. The lowest BCUT2D eigenvalue weighted by molar-refractivity contribution is 0.492. The van der Waals surface area contributed by atoms with Gasteiger partial charge in [0, 0.05) is 15.4 Å². The van der Waals surface area contributed by atoms with Crippen LogP contribution in [-0.2, 0) is 6.54 Å². The molecule has 0 spiro atoms.